The first-order chi connectivity index (χ1) is 9.75. The normalized spacial score (nSPS) is 23.8. The van der Waals surface area contributed by atoms with Crippen LogP contribution >= 0.6 is 0 Å². The molecule has 0 heterocycles. The molecule has 20 heavy (non-hydrogen) atoms. The molecule has 0 N–H and O–H groups in total. The van der Waals surface area contributed by atoms with Gasteiger partial charge in [0.1, 0.15) is 0 Å². The van der Waals surface area contributed by atoms with Gasteiger partial charge in [0.15, 0.2) is 11.6 Å². The summed E-state index contributed by atoms with van der Waals surface area (Å²) in [5.74, 6) is 0.738. The topological polar surface area (TPSA) is 34.1 Å². The van der Waals surface area contributed by atoms with Crippen molar-refractivity contribution < 1.29 is 9.59 Å². The van der Waals surface area contributed by atoms with Crippen LogP contribution in [-0.4, -0.2) is 11.6 Å². The van der Waals surface area contributed by atoms with Crippen molar-refractivity contribution in [2.75, 3.05) is 0 Å². The quantitative estimate of drug-likeness (QED) is 0.784. The van der Waals surface area contributed by atoms with Gasteiger partial charge in [-0.05, 0) is 23.0 Å². The Kier molecular flexibility index (Phi) is 2.40. The molecule has 2 aromatic carbocycles. The third-order valence-electron chi connectivity index (χ3n) is 4.62. The number of hydrogen-bond donors (Lipinski definition) is 0. The van der Waals surface area contributed by atoms with Crippen LogP contribution in [0.25, 0.3) is 0 Å². The molecule has 2 atom stereocenters. The van der Waals surface area contributed by atoms with Gasteiger partial charge in [-0.3, -0.25) is 9.59 Å². The highest BCUT2D eigenvalue weighted by molar-refractivity contribution is 6.04. The van der Waals surface area contributed by atoms with Crippen LogP contribution in [0.2, 0.25) is 0 Å². The van der Waals surface area contributed by atoms with E-state index in [1.165, 1.54) is 0 Å². The van der Waals surface area contributed by atoms with Crippen LogP contribution in [0.3, 0.4) is 0 Å². The fourth-order valence-corrected chi connectivity index (χ4v) is 3.71. The molecule has 0 unspecified atom stereocenters. The predicted octanol–water partition coefficient (Wildman–Crippen LogP) is 3.73. The summed E-state index contributed by atoms with van der Waals surface area (Å²) in [7, 11) is 0. The fourth-order valence-electron chi connectivity index (χ4n) is 3.71. The summed E-state index contributed by atoms with van der Waals surface area (Å²) in [6.45, 7) is 0. The third kappa shape index (κ3) is 1.51. The minimum Gasteiger partial charge on any atom is -0.294 e. The maximum Gasteiger partial charge on any atom is 0.163 e. The summed E-state index contributed by atoms with van der Waals surface area (Å²) in [5, 5.41) is 0. The second-order valence-electron chi connectivity index (χ2n) is 5.64. The number of Topliss-reactive ketones (excluding diaryl/α,β-unsaturated/α-hetero) is 2. The third-order valence-corrected chi connectivity index (χ3v) is 4.62. The van der Waals surface area contributed by atoms with Gasteiger partial charge in [-0.25, -0.2) is 0 Å². The second kappa shape index (κ2) is 4.14. The lowest BCUT2D eigenvalue weighted by Crippen LogP contribution is -2.06. The van der Waals surface area contributed by atoms with Crippen molar-refractivity contribution in [2.24, 2.45) is 0 Å². The van der Waals surface area contributed by atoms with E-state index in [1.54, 1.807) is 0 Å². The molecule has 2 aromatic rings. The molecule has 0 amide bonds. The Labute approximate surface area is 117 Å². The molecule has 2 aliphatic rings. The molecular formula is C18H14O2. The van der Waals surface area contributed by atoms with Crippen LogP contribution in [0, 0.1) is 0 Å². The Hall–Kier alpha value is -2.22. The Balaban J connectivity index is 1.82. The molecule has 0 aliphatic heterocycles. The summed E-state index contributed by atoms with van der Waals surface area (Å²) < 4.78 is 0. The maximum absolute atomic E-state index is 12.1. The van der Waals surface area contributed by atoms with Crippen molar-refractivity contribution in [2.45, 2.75) is 24.7 Å². The summed E-state index contributed by atoms with van der Waals surface area (Å²) in [6.07, 6.45) is 1.07. The fraction of sp³-hybridized carbons (Fsp3) is 0.222. The van der Waals surface area contributed by atoms with Gasteiger partial charge >= 0.3 is 0 Å². The van der Waals surface area contributed by atoms with E-state index >= 15 is 0 Å². The maximum atomic E-state index is 12.1. The molecule has 0 saturated carbocycles. The van der Waals surface area contributed by atoms with E-state index < -0.39 is 0 Å². The average Bonchev–Trinajstić information content (AvgIpc) is 2.99. The lowest BCUT2D eigenvalue weighted by molar-refractivity contribution is 0.0963. The van der Waals surface area contributed by atoms with Crippen molar-refractivity contribution in [3.63, 3.8) is 0 Å². The Morgan fingerprint density at radius 3 is 1.50 bits per heavy atom. The average molecular weight is 262 g/mol. The van der Waals surface area contributed by atoms with Crippen LogP contribution in [0.5, 0.6) is 0 Å². The Bertz CT molecular complexity index is 666. The zero-order valence-corrected chi connectivity index (χ0v) is 11.0. The smallest absolute Gasteiger partial charge is 0.163 e. The molecule has 2 nitrogen and oxygen atoms in total. The molecule has 0 fully saturated rings. The number of ketones is 2. The summed E-state index contributed by atoms with van der Waals surface area (Å²) >= 11 is 0. The lowest BCUT2D eigenvalue weighted by atomic mass is 9.83. The summed E-state index contributed by atoms with van der Waals surface area (Å²) in [5.41, 5.74) is 3.92. The van der Waals surface area contributed by atoms with Gasteiger partial charge < -0.3 is 0 Å². The lowest BCUT2D eigenvalue weighted by Gasteiger charge is -2.19. The van der Waals surface area contributed by atoms with Crippen molar-refractivity contribution in [1.82, 2.24) is 0 Å². The van der Waals surface area contributed by atoms with E-state index in [0.29, 0.717) is 12.8 Å². The number of benzene rings is 2. The van der Waals surface area contributed by atoms with Gasteiger partial charge in [0.05, 0.1) is 0 Å². The molecule has 0 bridgehead atoms. The minimum absolute atomic E-state index is 0.159. The van der Waals surface area contributed by atoms with Crippen LogP contribution in [0.1, 0.15) is 56.5 Å². The van der Waals surface area contributed by atoms with Crippen molar-refractivity contribution in [3.8, 4) is 0 Å². The van der Waals surface area contributed by atoms with Crippen molar-refractivity contribution in [1.29, 1.82) is 0 Å². The number of carbonyl (C=O) groups excluding carboxylic acids is 2. The van der Waals surface area contributed by atoms with E-state index in [0.717, 1.165) is 22.3 Å². The molecule has 0 saturated heterocycles. The first kappa shape index (κ1) is 11.6. The highest BCUT2D eigenvalue weighted by atomic mass is 16.1. The van der Waals surface area contributed by atoms with E-state index in [4.69, 9.17) is 0 Å². The van der Waals surface area contributed by atoms with Gasteiger partial charge in [0.25, 0.3) is 0 Å². The number of rotatable bonds is 1. The van der Waals surface area contributed by atoms with Gasteiger partial charge in [0.2, 0.25) is 0 Å². The zero-order valence-electron chi connectivity index (χ0n) is 11.0. The van der Waals surface area contributed by atoms with Crippen molar-refractivity contribution >= 4 is 11.6 Å². The molecule has 2 heteroatoms. The molecular weight excluding hydrogens is 248 g/mol. The van der Waals surface area contributed by atoms with Crippen LogP contribution in [0.4, 0.5) is 0 Å². The van der Waals surface area contributed by atoms with E-state index in [9.17, 15) is 9.59 Å². The van der Waals surface area contributed by atoms with Crippen LogP contribution in [0.15, 0.2) is 48.5 Å². The summed E-state index contributed by atoms with van der Waals surface area (Å²) in [4.78, 5) is 24.3. The largest absolute Gasteiger partial charge is 0.294 e. The minimum atomic E-state index is 0.159. The monoisotopic (exact) mass is 262 g/mol. The highest BCUT2D eigenvalue weighted by Crippen LogP contribution is 2.48. The summed E-state index contributed by atoms with van der Waals surface area (Å²) in [6, 6.07) is 15.7. The predicted molar refractivity (Wildman–Crippen MR) is 76.3 cm³/mol. The van der Waals surface area contributed by atoms with E-state index in [2.05, 4.69) is 0 Å². The first-order valence-electron chi connectivity index (χ1n) is 7.00. The van der Waals surface area contributed by atoms with Gasteiger partial charge in [-0.2, -0.15) is 0 Å². The number of carbonyl (C=O) groups is 2. The van der Waals surface area contributed by atoms with Gasteiger partial charge in [0, 0.05) is 24.0 Å². The van der Waals surface area contributed by atoms with E-state index in [-0.39, 0.29) is 23.4 Å². The molecule has 4 rings (SSSR count). The number of fused-ring (bicyclic) bond motifs is 2. The highest BCUT2D eigenvalue weighted by Gasteiger charge is 2.40. The second-order valence-corrected chi connectivity index (χ2v) is 5.64. The SMILES string of the molecule is O=C1C[C@@H]([C@@H]2CC(=O)c3ccccc32)c2ccccc21. The molecule has 0 spiro atoms. The van der Waals surface area contributed by atoms with Crippen molar-refractivity contribution in [3.05, 3.63) is 70.8 Å². The molecule has 0 aromatic heterocycles. The molecule has 98 valence electrons. The molecule has 0 radical (unpaired) electrons. The first-order valence-corrected chi connectivity index (χ1v) is 7.00. The van der Waals surface area contributed by atoms with Gasteiger partial charge in [-0.1, -0.05) is 48.5 Å². The van der Waals surface area contributed by atoms with Crippen LogP contribution in [-0.2, 0) is 0 Å². The van der Waals surface area contributed by atoms with E-state index in [1.807, 2.05) is 48.5 Å². The van der Waals surface area contributed by atoms with Crippen LogP contribution < -0.4 is 0 Å². The molecule has 2 aliphatic carbocycles. The van der Waals surface area contributed by atoms with Gasteiger partial charge in [-0.15, -0.1) is 0 Å². The zero-order chi connectivity index (χ0) is 13.7. The number of hydrogen-bond acceptors (Lipinski definition) is 2. The standard InChI is InChI=1S/C18H14O2/c19-17-9-15(11-5-1-3-7-13(11)17)16-10-18(20)14-8-4-2-6-12(14)16/h1-8,15-16H,9-10H2/t15-,16-/m1/s1. The Morgan fingerprint density at radius 2 is 1.05 bits per heavy atom. The Morgan fingerprint density at radius 1 is 0.650 bits per heavy atom.